The van der Waals surface area contributed by atoms with Crippen LogP contribution < -0.4 is 0 Å². The van der Waals surface area contributed by atoms with Gasteiger partial charge in [0.2, 0.25) is 0 Å². The lowest BCUT2D eigenvalue weighted by molar-refractivity contribution is -1.12. The normalized spacial score (nSPS) is 25.4. The van der Waals surface area contributed by atoms with Gasteiger partial charge in [0.05, 0.1) is 6.61 Å². The fourth-order valence-corrected chi connectivity index (χ4v) is 3.39. The standard InChI is InChI=1S/C20H26NO3/c1-16-15-24-12-11-21(16,23)14-19(22)13-18-9-5-6-10-20(18)17-7-3-2-4-8-17/h2-10,16,19,22-23H,11-15H2,1H3/q+1. The summed E-state index contributed by atoms with van der Waals surface area (Å²) >= 11 is 0. The SMILES string of the molecule is CC1COCC[N+]1(O)CC(O)Cc1ccccc1-c1ccccc1. The van der Waals surface area contributed by atoms with Crippen molar-refractivity contribution < 1.29 is 19.7 Å². The first-order chi connectivity index (χ1) is 11.6. The molecule has 0 bridgehead atoms. The number of rotatable bonds is 5. The van der Waals surface area contributed by atoms with Crippen molar-refractivity contribution in [1.29, 1.82) is 0 Å². The maximum absolute atomic E-state index is 10.8. The third-order valence-electron chi connectivity index (χ3n) is 4.89. The number of hydrogen-bond donors (Lipinski definition) is 2. The van der Waals surface area contributed by atoms with Gasteiger partial charge in [-0.15, -0.1) is 0 Å². The fraction of sp³-hybridized carbons (Fsp3) is 0.400. The van der Waals surface area contributed by atoms with Gasteiger partial charge in [-0.05, 0) is 23.6 Å². The van der Waals surface area contributed by atoms with Crippen LogP contribution in [0.3, 0.4) is 0 Å². The van der Waals surface area contributed by atoms with E-state index in [0.29, 0.717) is 32.7 Å². The van der Waals surface area contributed by atoms with E-state index in [-0.39, 0.29) is 10.7 Å². The van der Waals surface area contributed by atoms with Crippen LogP contribution in [0.4, 0.5) is 0 Å². The molecule has 0 spiro atoms. The Bertz CT molecular complexity index is 661. The van der Waals surface area contributed by atoms with Crippen LogP contribution in [-0.2, 0) is 11.2 Å². The van der Waals surface area contributed by atoms with Crippen molar-refractivity contribution in [3.8, 4) is 11.1 Å². The lowest BCUT2D eigenvalue weighted by atomic mass is 9.95. The van der Waals surface area contributed by atoms with Gasteiger partial charge in [-0.25, -0.2) is 5.21 Å². The van der Waals surface area contributed by atoms with E-state index in [4.69, 9.17) is 4.74 Å². The predicted molar refractivity (Wildman–Crippen MR) is 93.7 cm³/mol. The zero-order valence-corrected chi connectivity index (χ0v) is 14.1. The number of morpholine rings is 1. The largest absolute Gasteiger partial charge is 0.387 e. The molecule has 1 heterocycles. The van der Waals surface area contributed by atoms with Crippen LogP contribution in [0, 0.1) is 0 Å². The molecular formula is C20H26NO3+. The van der Waals surface area contributed by atoms with Gasteiger partial charge in [0, 0.05) is 6.42 Å². The van der Waals surface area contributed by atoms with Crippen LogP contribution in [-0.4, -0.2) is 53.4 Å². The molecule has 2 N–H and O–H groups in total. The third-order valence-corrected chi connectivity index (χ3v) is 4.89. The average Bonchev–Trinajstić information content (AvgIpc) is 2.59. The molecule has 0 aromatic heterocycles. The number of ether oxygens (including phenoxy) is 1. The summed E-state index contributed by atoms with van der Waals surface area (Å²) in [6.45, 7) is 3.88. The minimum atomic E-state index is -0.597. The number of hydrogen-bond acceptors (Lipinski definition) is 3. The van der Waals surface area contributed by atoms with Crippen molar-refractivity contribution >= 4 is 0 Å². The first-order valence-corrected chi connectivity index (χ1v) is 8.57. The number of benzene rings is 2. The molecule has 1 aliphatic heterocycles. The Hall–Kier alpha value is -1.72. The molecule has 3 unspecified atom stereocenters. The van der Waals surface area contributed by atoms with Gasteiger partial charge in [-0.3, -0.25) is 0 Å². The number of aliphatic hydroxyl groups is 1. The van der Waals surface area contributed by atoms with E-state index in [9.17, 15) is 10.3 Å². The number of hydroxylamine groups is 3. The number of quaternary nitrogens is 1. The molecule has 1 aliphatic rings. The maximum atomic E-state index is 10.8. The molecule has 0 radical (unpaired) electrons. The Labute approximate surface area is 143 Å². The van der Waals surface area contributed by atoms with Crippen molar-refractivity contribution in [3.63, 3.8) is 0 Å². The Morgan fingerprint density at radius 2 is 1.83 bits per heavy atom. The molecule has 3 atom stereocenters. The molecule has 128 valence electrons. The quantitative estimate of drug-likeness (QED) is 0.830. The first-order valence-electron chi connectivity index (χ1n) is 8.57. The van der Waals surface area contributed by atoms with Crippen molar-refractivity contribution in [1.82, 2.24) is 0 Å². The number of aliphatic hydroxyl groups excluding tert-OH is 1. The minimum absolute atomic E-state index is 0.0160. The Balaban J connectivity index is 1.74. The highest BCUT2D eigenvalue weighted by Gasteiger charge is 2.38. The molecule has 3 rings (SSSR count). The van der Waals surface area contributed by atoms with Crippen LogP contribution in [0.15, 0.2) is 54.6 Å². The van der Waals surface area contributed by atoms with E-state index in [1.807, 2.05) is 37.3 Å². The van der Waals surface area contributed by atoms with Crippen LogP contribution in [0.2, 0.25) is 0 Å². The highest BCUT2D eigenvalue weighted by molar-refractivity contribution is 5.67. The molecule has 24 heavy (non-hydrogen) atoms. The van der Waals surface area contributed by atoms with E-state index in [2.05, 4.69) is 24.3 Å². The summed E-state index contributed by atoms with van der Waals surface area (Å²) in [5.74, 6) is 0. The van der Waals surface area contributed by atoms with E-state index < -0.39 is 6.10 Å². The molecule has 0 amide bonds. The lowest BCUT2D eigenvalue weighted by Gasteiger charge is -2.40. The summed E-state index contributed by atoms with van der Waals surface area (Å²) in [6, 6.07) is 18.3. The van der Waals surface area contributed by atoms with E-state index >= 15 is 0 Å². The predicted octanol–water partition coefficient (Wildman–Crippen LogP) is 2.88. The Kier molecular flexibility index (Phi) is 5.31. The minimum Gasteiger partial charge on any atom is -0.387 e. The van der Waals surface area contributed by atoms with Gasteiger partial charge < -0.3 is 9.84 Å². The van der Waals surface area contributed by atoms with Gasteiger partial charge in [0.15, 0.2) is 0 Å². The van der Waals surface area contributed by atoms with Gasteiger partial charge >= 0.3 is 0 Å². The van der Waals surface area contributed by atoms with Crippen LogP contribution in [0.5, 0.6) is 0 Å². The molecule has 0 aliphatic carbocycles. The molecule has 4 heteroatoms. The summed E-state index contributed by atoms with van der Waals surface area (Å²) in [6.07, 6.45) is -0.0699. The molecule has 2 aromatic rings. The summed E-state index contributed by atoms with van der Waals surface area (Å²) in [5.41, 5.74) is 3.38. The summed E-state index contributed by atoms with van der Waals surface area (Å²) < 4.78 is 5.28. The zero-order chi connectivity index (χ0) is 17.0. The lowest BCUT2D eigenvalue weighted by Crippen LogP contribution is -2.61. The second-order valence-electron chi connectivity index (χ2n) is 6.70. The van der Waals surface area contributed by atoms with E-state index in [1.54, 1.807) is 0 Å². The van der Waals surface area contributed by atoms with Gasteiger partial charge in [0.1, 0.15) is 31.8 Å². The zero-order valence-electron chi connectivity index (χ0n) is 14.1. The summed E-state index contributed by atoms with van der Waals surface area (Å²) in [4.78, 5) is 0. The smallest absolute Gasteiger partial charge is 0.140 e. The molecular weight excluding hydrogens is 302 g/mol. The van der Waals surface area contributed by atoms with Crippen LogP contribution in [0.1, 0.15) is 12.5 Å². The van der Waals surface area contributed by atoms with Crippen molar-refractivity contribution in [2.24, 2.45) is 0 Å². The topological polar surface area (TPSA) is 49.7 Å². The average molecular weight is 328 g/mol. The Morgan fingerprint density at radius 3 is 2.58 bits per heavy atom. The second-order valence-corrected chi connectivity index (χ2v) is 6.70. The highest BCUT2D eigenvalue weighted by Crippen LogP contribution is 2.25. The van der Waals surface area contributed by atoms with Gasteiger partial charge in [-0.1, -0.05) is 54.6 Å². The van der Waals surface area contributed by atoms with E-state index in [1.165, 1.54) is 0 Å². The fourth-order valence-electron chi connectivity index (χ4n) is 3.39. The summed E-state index contributed by atoms with van der Waals surface area (Å²) in [5, 5.41) is 21.4. The molecule has 4 nitrogen and oxygen atoms in total. The van der Waals surface area contributed by atoms with Crippen molar-refractivity contribution in [2.45, 2.75) is 25.5 Å². The first kappa shape index (κ1) is 17.1. The van der Waals surface area contributed by atoms with Gasteiger partial charge in [-0.2, -0.15) is 4.65 Å². The Morgan fingerprint density at radius 1 is 1.12 bits per heavy atom. The van der Waals surface area contributed by atoms with Gasteiger partial charge in [0.25, 0.3) is 0 Å². The molecule has 2 aromatic carbocycles. The number of nitrogens with zero attached hydrogens (tertiary/aromatic N) is 1. The van der Waals surface area contributed by atoms with Crippen LogP contribution >= 0.6 is 0 Å². The summed E-state index contributed by atoms with van der Waals surface area (Å²) in [7, 11) is 0. The van der Waals surface area contributed by atoms with Crippen molar-refractivity contribution in [3.05, 3.63) is 60.2 Å². The second kappa shape index (κ2) is 7.45. The van der Waals surface area contributed by atoms with Crippen LogP contribution in [0.25, 0.3) is 11.1 Å². The van der Waals surface area contributed by atoms with Crippen molar-refractivity contribution in [2.75, 3.05) is 26.3 Å². The third kappa shape index (κ3) is 3.84. The van der Waals surface area contributed by atoms with E-state index in [0.717, 1.165) is 16.7 Å². The monoisotopic (exact) mass is 328 g/mol. The maximum Gasteiger partial charge on any atom is 0.140 e. The molecule has 1 saturated heterocycles. The molecule has 0 saturated carbocycles. The highest BCUT2D eigenvalue weighted by atomic mass is 16.6. The molecule has 1 fully saturated rings.